The number of benzene rings is 1. The Morgan fingerprint density at radius 1 is 1.26 bits per heavy atom. The van der Waals surface area contributed by atoms with Gasteiger partial charge >= 0.3 is 0 Å². The van der Waals surface area contributed by atoms with E-state index < -0.39 is 5.82 Å². The van der Waals surface area contributed by atoms with Crippen LogP contribution in [0.4, 0.5) is 4.39 Å². The van der Waals surface area contributed by atoms with Gasteiger partial charge in [0.25, 0.3) is 5.91 Å². The SMILES string of the molecule is Cc1nc2c3c(nn2c(C)c1Cl)CN(C(=O)c1ccc(F)cc1OC1CC(NC2CCOC2)C1)C3. The molecule has 0 bridgehead atoms. The predicted octanol–water partition coefficient (Wildman–Crippen LogP) is 3.58. The van der Waals surface area contributed by atoms with E-state index in [9.17, 15) is 9.18 Å². The van der Waals surface area contributed by atoms with E-state index in [-0.39, 0.29) is 17.8 Å². The molecule has 1 aromatic carbocycles. The van der Waals surface area contributed by atoms with Gasteiger partial charge in [0.1, 0.15) is 17.7 Å². The van der Waals surface area contributed by atoms with Crippen molar-refractivity contribution in [1.29, 1.82) is 0 Å². The number of aromatic nitrogens is 3. The summed E-state index contributed by atoms with van der Waals surface area (Å²) in [6.45, 7) is 6.03. The second-order valence-electron chi connectivity index (χ2n) is 9.69. The fourth-order valence-corrected chi connectivity index (χ4v) is 5.30. The van der Waals surface area contributed by atoms with Crippen LogP contribution in [-0.4, -0.2) is 56.8 Å². The van der Waals surface area contributed by atoms with Gasteiger partial charge in [0.2, 0.25) is 0 Å². The second kappa shape index (κ2) is 8.72. The van der Waals surface area contributed by atoms with Crippen molar-refractivity contribution >= 4 is 23.2 Å². The van der Waals surface area contributed by atoms with E-state index in [1.807, 2.05) is 13.8 Å². The van der Waals surface area contributed by atoms with Gasteiger partial charge in [-0.15, -0.1) is 0 Å². The molecule has 4 heterocycles. The molecule has 2 aromatic heterocycles. The van der Waals surface area contributed by atoms with Crippen LogP contribution in [0.1, 0.15) is 52.3 Å². The monoisotopic (exact) mass is 499 g/mol. The average molecular weight is 500 g/mol. The van der Waals surface area contributed by atoms with Crippen molar-refractivity contribution in [2.45, 2.75) is 64.4 Å². The Morgan fingerprint density at radius 2 is 2.09 bits per heavy atom. The highest BCUT2D eigenvalue weighted by Crippen LogP contribution is 2.33. The van der Waals surface area contributed by atoms with Crippen molar-refractivity contribution in [3.8, 4) is 5.75 Å². The topological polar surface area (TPSA) is 81.0 Å². The number of hydrogen-bond donors (Lipinski definition) is 1. The molecule has 3 aliphatic rings. The Kier molecular flexibility index (Phi) is 5.66. The number of halogens is 2. The molecular formula is C25H27ClFN5O3. The first-order valence-electron chi connectivity index (χ1n) is 12.0. The van der Waals surface area contributed by atoms with Crippen molar-refractivity contribution in [2.75, 3.05) is 13.2 Å². The van der Waals surface area contributed by atoms with E-state index in [4.69, 9.17) is 21.1 Å². The molecule has 2 fully saturated rings. The average Bonchev–Trinajstić information content (AvgIpc) is 3.53. The molecule has 0 spiro atoms. The molecule has 35 heavy (non-hydrogen) atoms. The Bertz CT molecular complexity index is 1320. The third kappa shape index (κ3) is 4.05. The molecule has 1 atom stereocenters. The van der Waals surface area contributed by atoms with Gasteiger partial charge in [-0.25, -0.2) is 13.9 Å². The van der Waals surface area contributed by atoms with Crippen LogP contribution in [-0.2, 0) is 17.8 Å². The number of carbonyl (C=O) groups is 1. The lowest BCUT2D eigenvalue weighted by molar-refractivity contribution is 0.0679. The molecule has 2 aliphatic heterocycles. The van der Waals surface area contributed by atoms with Gasteiger partial charge in [-0.3, -0.25) is 4.79 Å². The minimum absolute atomic E-state index is 0.0527. The summed E-state index contributed by atoms with van der Waals surface area (Å²) >= 11 is 6.34. The van der Waals surface area contributed by atoms with E-state index in [0.29, 0.717) is 41.4 Å². The van der Waals surface area contributed by atoms with Crippen molar-refractivity contribution in [2.24, 2.45) is 0 Å². The van der Waals surface area contributed by atoms with E-state index in [1.54, 1.807) is 9.42 Å². The normalized spacial score (nSPS) is 23.5. The molecule has 8 nitrogen and oxygen atoms in total. The molecule has 1 amide bonds. The van der Waals surface area contributed by atoms with Crippen LogP contribution in [0.2, 0.25) is 5.02 Å². The maximum absolute atomic E-state index is 14.1. The van der Waals surface area contributed by atoms with Gasteiger partial charge in [-0.2, -0.15) is 5.10 Å². The number of fused-ring (bicyclic) bond motifs is 3. The van der Waals surface area contributed by atoms with E-state index in [2.05, 4.69) is 15.4 Å². The summed E-state index contributed by atoms with van der Waals surface area (Å²) in [6.07, 6.45) is 2.61. The van der Waals surface area contributed by atoms with Crippen LogP contribution in [0, 0.1) is 19.7 Å². The van der Waals surface area contributed by atoms with Gasteiger partial charge in [-0.1, -0.05) is 11.6 Å². The van der Waals surface area contributed by atoms with Gasteiger partial charge < -0.3 is 19.7 Å². The smallest absolute Gasteiger partial charge is 0.258 e. The molecule has 0 radical (unpaired) electrons. The quantitative estimate of drug-likeness (QED) is 0.578. The number of hydrogen-bond acceptors (Lipinski definition) is 6. The lowest BCUT2D eigenvalue weighted by Crippen LogP contribution is -2.50. The number of ether oxygens (including phenoxy) is 2. The maximum Gasteiger partial charge on any atom is 0.258 e. The van der Waals surface area contributed by atoms with Gasteiger partial charge in [0.05, 0.1) is 47.4 Å². The first-order chi connectivity index (χ1) is 16.9. The van der Waals surface area contributed by atoms with Crippen LogP contribution in [0.3, 0.4) is 0 Å². The van der Waals surface area contributed by atoms with Crippen molar-refractivity contribution < 1.29 is 18.7 Å². The summed E-state index contributed by atoms with van der Waals surface area (Å²) in [5.74, 6) is -0.350. The summed E-state index contributed by atoms with van der Waals surface area (Å²) < 4.78 is 27.4. The van der Waals surface area contributed by atoms with Crippen LogP contribution < -0.4 is 10.1 Å². The van der Waals surface area contributed by atoms with E-state index in [1.165, 1.54) is 18.2 Å². The Morgan fingerprint density at radius 3 is 2.86 bits per heavy atom. The highest BCUT2D eigenvalue weighted by atomic mass is 35.5. The van der Waals surface area contributed by atoms with E-state index >= 15 is 0 Å². The summed E-state index contributed by atoms with van der Waals surface area (Å²) in [5, 5.41) is 8.82. The maximum atomic E-state index is 14.1. The Labute approximate surface area is 207 Å². The lowest BCUT2D eigenvalue weighted by atomic mass is 9.88. The minimum atomic E-state index is -0.428. The van der Waals surface area contributed by atoms with Gasteiger partial charge in [0, 0.05) is 30.3 Å². The summed E-state index contributed by atoms with van der Waals surface area (Å²) in [6, 6.07) is 4.86. The largest absolute Gasteiger partial charge is 0.489 e. The molecule has 184 valence electrons. The number of carbonyl (C=O) groups excluding carboxylic acids is 1. The van der Waals surface area contributed by atoms with Crippen LogP contribution in [0.5, 0.6) is 5.75 Å². The van der Waals surface area contributed by atoms with Crippen LogP contribution >= 0.6 is 11.6 Å². The zero-order chi connectivity index (χ0) is 24.3. The zero-order valence-electron chi connectivity index (χ0n) is 19.7. The zero-order valence-corrected chi connectivity index (χ0v) is 20.4. The summed E-state index contributed by atoms with van der Waals surface area (Å²) in [5.41, 5.74) is 4.33. The highest BCUT2D eigenvalue weighted by molar-refractivity contribution is 6.31. The Balaban J connectivity index is 1.17. The Hall–Kier alpha value is -2.75. The number of rotatable bonds is 5. The van der Waals surface area contributed by atoms with Gasteiger partial charge in [0.15, 0.2) is 5.65 Å². The standard InChI is InChI=1S/C25H27ClFN5O3/c1-13-23(26)14(2)32-24(28-13)20-10-31(11-21(20)30-32)25(33)19-4-3-15(27)7-22(19)35-18-8-17(9-18)29-16-5-6-34-12-16/h3-4,7,16-18,29H,5-6,8-12H2,1-2H3. The molecule has 1 unspecified atom stereocenters. The van der Waals surface area contributed by atoms with Crippen molar-refractivity contribution in [1.82, 2.24) is 24.8 Å². The minimum Gasteiger partial charge on any atom is -0.489 e. The number of aryl methyl sites for hydroxylation is 2. The first kappa shape index (κ1) is 22.7. The molecule has 10 heteroatoms. The molecular weight excluding hydrogens is 473 g/mol. The third-order valence-corrected chi connectivity index (χ3v) is 7.75. The molecule has 1 aliphatic carbocycles. The molecule has 1 saturated heterocycles. The van der Waals surface area contributed by atoms with E-state index in [0.717, 1.165) is 55.1 Å². The predicted molar refractivity (Wildman–Crippen MR) is 127 cm³/mol. The highest BCUT2D eigenvalue weighted by Gasteiger charge is 2.35. The van der Waals surface area contributed by atoms with Crippen LogP contribution in [0.15, 0.2) is 18.2 Å². The molecule has 1 saturated carbocycles. The summed E-state index contributed by atoms with van der Waals surface area (Å²) in [7, 11) is 0. The second-order valence-corrected chi connectivity index (χ2v) is 10.1. The number of amides is 1. The summed E-state index contributed by atoms with van der Waals surface area (Å²) in [4.78, 5) is 19.8. The van der Waals surface area contributed by atoms with Crippen molar-refractivity contribution in [3.05, 3.63) is 57.2 Å². The van der Waals surface area contributed by atoms with Gasteiger partial charge in [-0.05, 0) is 45.2 Å². The number of nitrogens with zero attached hydrogens (tertiary/aromatic N) is 4. The molecule has 3 aromatic rings. The lowest BCUT2D eigenvalue weighted by Gasteiger charge is -2.37. The fourth-order valence-electron chi connectivity index (χ4n) is 5.17. The number of nitrogens with one attached hydrogen (secondary N) is 1. The molecule has 6 rings (SSSR count). The third-order valence-electron chi connectivity index (χ3n) is 7.21. The fraction of sp³-hybridized carbons (Fsp3) is 0.480. The van der Waals surface area contributed by atoms with Crippen molar-refractivity contribution in [3.63, 3.8) is 0 Å². The first-order valence-corrected chi connectivity index (χ1v) is 12.4. The molecule has 1 N–H and O–H groups in total. The van der Waals surface area contributed by atoms with Crippen LogP contribution in [0.25, 0.3) is 5.65 Å².